The first kappa shape index (κ1) is 12.3. The van der Waals surface area contributed by atoms with E-state index in [9.17, 15) is 8.42 Å². The van der Waals surface area contributed by atoms with Gasteiger partial charge in [0.25, 0.3) is 0 Å². The molecule has 0 bridgehead atoms. The molecule has 4 nitrogen and oxygen atoms in total. The minimum Gasteiger partial charge on any atom is -0.313 e. The average Bonchev–Trinajstić information content (AvgIpc) is 2.16. The molecule has 1 fully saturated rings. The van der Waals surface area contributed by atoms with E-state index in [0.717, 1.165) is 0 Å². The molecule has 2 rings (SSSR count). The predicted octanol–water partition coefficient (Wildman–Crippen LogP) is 1.35. The summed E-state index contributed by atoms with van der Waals surface area (Å²) in [5, 5.41) is 3.38. The maximum absolute atomic E-state index is 11.9. The number of sulfonamides is 1. The molecule has 0 spiro atoms. The smallest absolute Gasteiger partial charge is 0.240 e. The van der Waals surface area contributed by atoms with Crippen LogP contribution in [0.4, 0.5) is 0 Å². The highest BCUT2D eigenvalue weighted by Gasteiger charge is 2.24. The van der Waals surface area contributed by atoms with Crippen LogP contribution in [0.2, 0.25) is 5.02 Å². The lowest BCUT2D eigenvalue weighted by Gasteiger charge is -2.27. The van der Waals surface area contributed by atoms with E-state index in [2.05, 4.69) is 26.0 Å². The maximum atomic E-state index is 11.9. The van der Waals surface area contributed by atoms with Gasteiger partial charge in [0.1, 0.15) is 0 Å². The summed E-state index contributed by atoms with van der Waals surface area (Å²) in [4.78, 5) is 0.188. The molecule has 1 aliphatic rings. The molecule has 0 unspecified atom stereocenters. The number of benzene rings is 1. The molecule has 0 amide bonds. The van der Waals surface area contributed by atoms with Crippen LogP contribution < -0.4 is 10.0 Å². The molecular weight excluding hydrogens is 316 g/mol. The van der Waals surface area contributed by atoms with Crippen molar-refractivity contribution in [3.05, 3.63) is 27.7 Å². The molecule has 0 saturated carbocycles. The molecule has 0 radical (unpaired) electrons. The van der Waals surface area contributed by atoms with Crippen LogP contribution in [0, 0.1) is 0 Å². The largest absolute Gasteiger partial charge is 0.313 e. The molecule has 1 aromatic carbocycles. The molecule has 0 aromatic heterocycles. The van der Waals surface area contributed by atoms with Crippen LogP contribution in [-0.4, -0.2) is 27.5 Å². The molecule has 1 heterocycles. The van der Waals surface area contributed by atoms with Gasteiger partial charge in [0.05, 0.1) is 9.92 Å². The fourth-order valence-electron chi connectivity index (χ4n) is 1.30. The Labute approximate surface area is 108 Å². The highest BCUT2D eigenvalue weighted by atomic mass is 79.9. The lowest BCUT2D eigenvalue weighted by Crippen LogP contribution is -2.56. The minimum absolute atomic E-state index is 0.0209. The van der Waals surface area contributed by atoms with Crippen molar-refractivity contribution in [3.8, 4) is 0 Å². The van der Waals surface area contributed by atoms with E-state index in [0.29, 0.717) is 22.6 Å². The number of rotatable bonds is 3. The molecule has 1 aromatic rings. The number of hydrogen-bond donors (Lipinski definition) is 2. The van der Waals surface area contributed by atoms with Crippen molar-refractivity contribution in [2.45, 2.75) is 10.9 Å². The molecule has 0 aliphatic carbocycles. The SMILES string of the molecule is O=S(=O)(NC1CNC1)c1ccc(Br)c(Cl)c1. The van der Waals surface area contributed by atoms with E-state index in [1.807, 2.05) is 0 Å². The highest BCUT2D eigenvalue weighted by Crippen LogP contribution is 2.25. The third-order valence-electron chi connectivity index (χ3n) is 2.30. The second kappa shape index (κ2) is 4.62. The van der Waals surface area contributed by atoms with E-state index in [1.165, 1.54) is 12.1 Å². The number of hydrogen-bond acceptors (Lipinski definition) is 3. The van der Waals surface area contributed by atoms with Gasteiger partial charge < -0.3 is 5.32 Å². The molecule has 1 saturated heterocycles. The van der Waals surface area contributed by atoms with E-state index in [1.54, 1.807) is 6.07 Å². The van der Waals surface area contributed by atoms with Crippen LogP contribution in [-0.2, 0) is 10.0 Å². The van der Waals surface area contributed by atoms with Crippen molar-refractivity contribution >= 4 is 37.6 Å². The van der Waals surface area contributed by atoms with E-state index in [4.69, 9.17) is 11.6 Å². The predicted molar refractivity (Wildman–Crippen MR) is 66.1 cm³/mol. The third kappa shape index (κ3) is 2.57. The second-order valence-corrected chi connectivity index (χ2v) is 6.53. The normalized spacial score (nSPS) is 17.1. The van der Waals surface area contributed by atoms with E-state index >= 15 is 0 Å². The Bertz CT molecular complexity index is 502. The molecule has 2 N–H and O–H groups in total. The van der Waals surface area contributed by atoms with E-state index in [-0.39, 0.29) is 10.9 Å². The average molecular weight is 326 g/mol. The summed E-state index contributed by atoms with van der Waals surface area (Å²) in [6, 6.07) is 4.55. The van der Waals surface area contributed by atoms with E-state index < -0.39 is 10.0 Å². The van der Waals surface area contributed by atoms with Gasteiger partial charge in [-0.1, -0.05) is 11.6 Å². The summed E-state index contributed by atoms with van der Waals surface area (Å²) >= 11 is 9.07. The summed E-state index contributed by atoms with van der Waals surface area (Å²) in [6.45, 7) is 1.34. The quantitative estimate of drug-likeness (QED) is 0.882. The Balaban J connectivity index is 2.24. The zero-order valence-corrected chi connectivity index (χ0v) is 11.4. The Morgan fingerprint density at radius 3 is 2.62 bits per heavy atom. The second-order valence-electron chi connectivity index (χ2n) is 3.55. The first-order valence-electron chi connectivity index (χ1n) is 4.67. The summed E-state index contributed by atoms with van der Waals surface area (Å²) in [5.74, 6) is 0. The molecule has 0 atom stereocenters. The van der Waals surface area contributed by atoms with Crippen LogP contribution in [0.5, 0.6) is 0 Å². The summed E-state index contributed by atoms with van der Waals surface area (Å²) in [5.41, 5.74) is 0. The fraction of sp³-hybridized carbons (Fsp3) is 0.333. The maximum Gasteiger partial charge on any atom is 0.240 e. The van der Waals surface area contributed by atoms with Gasteiger partial charge in [-0.2, -0.15) is 0 Å². The first-order valence-corrected chi connectivity index (χ1v) is 7.32. The fourth-order valence-corrected chi connectivity index (χ4v) is 3.06. The summed E-state index contributed by atoms with van der Waals surface area (Å²) in [6.07, 6.45) is 0. The Hall–Kier alpha value is -0.140. The summed E-state index contributed by atoms with van der Waals surface area (Å²) < 4.78 is 27.0. The number of halogens is 2. The van der Waals surface area contributed by atoms with Crippen molar-refractivity contribution in [2.75, 3.05) is 13.1 Å². The molecule has 7 heteroatoms. The van der Waals surface area contributed by atoms with Gasteiger partial charge in [0, 0.05) is 23.6 Å². The zero-order valence-electron chi connectivity index (χ0n) is 8.20. The Morgan fingerprint density at radius 1 is 1.44 bits per heavy atom. The highest BCUT2D eigenvalue weighted by molar-refractivity contribution is 9.10. The van der Waals surface area contributed by atoms with Crippen molar-refractivity contribution in [2.24, 2.45) is 0 Å². The molecular formula is C9H10BrClN2O2S. The van der Waals surface area contributed by atoms with Gasteiger partial charge in [-0.3, -0.25) is 0 Å². The van der Waals surface area contributed by atoms with Crippen molar-refractivity contribution in [3.63, 3.8) is 0 Å². The van der Waals surface area contributed by atoms with Crippen LogP contribution in [0.15, 0.2) is 27.6 Å². The number of nitrogens with one attached hydrogen (secondary N) is 2. The van der Waals surface area contributed by atoms with Crippen LogP contribution >= 0.6 is 27.5 Å². The molecule has 1 aliphatic heterocycles. The van der Waals surface area contributed by atoms with Crippen molar-refractivity contribution in [1.82, 2.24) is 10.0 Å². The van der Waals surface area contributed by atoms with Gasteiger partial charge in [0.15, 0.2) is 0 Å². The standard InChI is InChI=1S/C9H10BrClN2O2S/c10-8-2-1-7(3-9(8)11)16(14,15)13-6-4-12-5-6/h1-3,6,12-13H,4-5H2. The van der Waals surface area contributed by atoms with Crippen molar-refractivity contribution in [1.29, 1.82) is 0 Å². The van der Waals surface area contributed by atoms with Gasteiger partial charge in [0.2, 0.25) is 10.0 Å². The first-order chi connectivity index (χ1) is 7.49. The third-order valence-corrected chi connectivity index (χ3v) is 5.06. The lowest BCUT2D eigenvalue weighted by atomic mass is 10.2. The molecule has 88 valence electrons. The van der Waals surface area contributed by atoms with Crippen LogP contribution in [0.3, 0.4) is 0 Å². The topological polar surface area (TPSA) is 58.2 Å². The van der Waals surface area contributed by atoms with Gasteiger partial charge in [-0.15, -0.1) is 0 Å². The Kier molecular flexibility index (Phi) is 3.56. The lowest BCUT2D eigenvalue weighted by molar-refractivity contribution is 0.410. The zero-order chi connectivity index (χ0) is 11.8. The molecule has 16 heavy (non-hydrogen) atoms. The minimum atomic E-state index is -3.45. The van der Waals surface area contributed by atoms with Crippen LogP contribution in [0.25, 0.3) is 0 Å². The van der Waals surface area contributed by atoms with Crippen molar-refractivity contribution < 1.29 is 8.42 Å². The van der Waals surface area contributed by atoms with Crippen LogP contribution in [0.1, 0.15) is 0 Å². The van der Waals surface area contributed by atoms with Gasteiger partial charge in [-0.25, -0.2) is 13.1 Å². The Morgan fingerprint density at radius 2 is 2.12 bits per heavy atom. The van der Waals surface area contributed by atoms with Gasteiger partial charge >= 0.3 is 0 Å². The monoisotopic (exact) mass is 324 g/mol. The van der Waals surface area contributed by atoms with Gasteiger partial charge in [-0.05, 0) is 34.1 Å². The summed E-state index contributed by atoms with van der Waals surface area (Å²) in [7, 11) is -3.45.